The molecule has 0 radical (unpaired) electrons. The number of ether oxygens (including phenoxy) is 1. The largest absolute Gasteiger partial charge is 0.444 e. The minimum absolute atomic E-state index is 0.101. The van der Waals surface area contributed by atoms with Gasteiger partial charge in [-0.3, -0.25) is 9.32 Å². The van der Waals surface area contributed by atoms with Crippen molar-refractivity contribution in [2.45, 2.75) is 59.2 Å². The molecule has 0 aliphatic rings. The van der Waals surface area contributed by atoms with Gasteiger partial charge in [0.15, 0.2) is 11.6 Å². The highest BCUT2D eigenvalue weighted by molar-refractivity contribution is 5.87. The fourth-order valence-electron chi connectivity index (χ4n) is 2.67. The van der Waals surface area contributed by atoms with E-state index in [9.17, 15) is 18.8 Å². The van der Waals surface area contributed by atoms with Crippen molar-refractivity contribution in [3.05, 3.63) is 40.6 Å². The van der Waals surface area contributed by atoms with Crippen molar-refractivity contribution in [3.63, 3.8) is 0 Å². The molecule has 0 saturated carbocycles. The summed E-state index contributed by atoms with van der Waals surface area (Å²) in [5.74, 6) is -1.46. The molecule has 1 amide bonds. The summed E-state index contributed by atoms with van der Waals surface area (Å²) in [7, 11) is 0. The number of nitrogens with zero attached hydrogens (tertiary/aromatic N) is 2. The molecule has 1 N–H and O–H groups in total. The van der Waals surface area contributed by atoms with Gasteiger partial charge in [0.25, 0.3) is 0 Å². The summed E-state index contributed by atoms with van der Waals surface area (Å²) in [6.45, 7) is 8.62. The molecule has 2 aromatic rings. The van der Waals surface area contributed by atoms with Crippen LogP contribution in [-0.4, -0.2) is 33.2 Å². The van der Waals surface area contributed by atoms with Gasteiger partial charge >= 0.3 is 11.8 Å². The molecule has 0 unspecified atom stereocenters. The Morgan fingerprint density at radius 2 is 1.86 bits per heavy atom. The molecule has 0 spiro atoms. The standard InChI is InChI=1S/C20H26FN3O5/c1-12(2)10-15(22-18(26)28-20(3,4)5)16(25)11-24-17(23-29-19(24)27)13-6-8-14(21)9-7-13/h6-9,12,15H,10-11H2,1-5H3,(H,22,26)/t15-/m0/s1. The summed E-state index contributed by atoms with van der Waals surface area (Å²) < 4.78 is 24.1. The molecule has 0 bridgehead atoms. The third kappa shape index (κ3) is 6.55. The molecule has 8 nitrogen and oxygen atoms in total. The zero-order valence-electron chi connectivity index (χ0n) is 17.2. The van der Waals surface area contributed by atoms with Gasteiger partial charge in [0.05, 0.1) is 12.6 Å². The van der Waals surface area contributed by atoms with Crippen LogP contribution in [0.5, 0.6) is 0 Å². The Kier molecular flexibility index (Phi) is 6.94. The van der Waals surface area contributed by atoms with Crippen LogP contribution >= 0.6 is 0 Å². The first-order valence-electron chi connectivity index (χ1n) is 9.31. The molecular formula is C20H26FN3O5. The van der Waals surface area contributed by atoms with Gasteiger partial charge in [0.1, 0.15) is 11.4 Å². The minimum atomic E-state index is -0.854. The first kappa shape index (κ1) is 22.3. The number of ketones is 1. The number of rotatable bonds is 7. The van der Waals surface area contributed by atoms with E-state index in [2.05, 4.69) is 15.0 Å². The van der Waals surface area contributed by atoms with E-state index in [-0.39, 0.29) is 18.3 Å². The maximum Gasteiger partial charge on any atom is 0.442 e. The summed E-state index contributed by atoms with van der Waals surface area (Å²) in [5.41, 5.74) is -0.290. The number of halogens is 1. The number of carbonyl (C=O) groups is 2. The van der Waals surface area contributed by atoms with Gasteiger partial charge in [-0.2, -0.15) is 0 Å². The number of Topliss-reactive ketones (excluding diaryl/α,β-unsaturated/α-hetero) is 1. The van der Waals surface area contributed by atoms with Crippen LogP contribution in [0.15, 0.2) is 33.6 Å². The lowest BCUT2D eigenvalue weighted by molar-refractivity contribution is -0.122. The third-order valence-electron chi connectivity index (χ3n) is 3.89. The number of carbonyl (C=O) groups excluding carboxylic acids is 2. The lowest BCUT2D eigenvalue weighted by Crippen LogP contribution is -2.45. The average Bonchev–Trinajstić information content (AvgIpc) is 2.93. The SMILES string of the molecule is CC(C)C[C@H](NC(=O)OC(C)(C)C)C(=O)Cn1c(-c2ccc(F)cc2)noc1=O. The number of hydrogen-bond acceptors (Lipinski definition) is 6. The van der Waals surface area contributed by atoms with Gasteiger partial charge in [-0.05, 0) is 57.4 Å². The van der Waals surface area contributed by atoms with Crippen LogP contribution in [0.25, 0.3) is 11.4 Å². The fourth-order valence-corrected chi connectivity index (χ4v) is 2.67. The Morgan fingerprint density at radius 1 is 1.24 bits per heavy atom. The number of nitrogens with one attached hydrogen (secondary N) is 1. The molecule has 158 valence electrons. The molecule has 9 heteroatoms. The second-order valence-corrected chi connectivity index (χ2v) is 8.16. The topological polar surface area (TPSA) is 103 Å². The molecule has 0 aliphatic heterocycles. The Morgan fingerprint density at radius 3 is 2.41 bits per heavy atom. The van der Waals surface area contributed by atoms with Gasteiger partial charge < -0.3 is 10.1 Å². The van der Waals surface area contributed by atoms with Crippen LogP contribution in [-0.2, 0) is 16.1 Å². The monoisotopic (exact) mass is 407 g/mol. The minimum Gasteiger partial charge on any atom is -0.444 e. The van der Waals surface area contributed by atoms with Gasteiger partial charge in [-0.1, -0.05) is 19.0 Å². The Hall–Kier alpha value is -2.97. The normalized spacial score (nSPS) is 12.7. The van der Waals surface area contributed by atoms with E-state index in [1.54, 1.807) is 20.8 Å². The van der Waals surface area contributed by atoms with Gasteiger partial charge in [0, 0.05) is 5.56 Å². The molecule has 2 rings (SSSR count). The molecule has 1 aromatic heterocycles. The molecule has 0 saturated heterocycles. The number of benzene rings is 1. The van der Waals surface area contributed by atoms with Crippen molar-refractivity contribution in [1.29, 1.82) is 0 Å². The van der Waals surface area contributed by atoms with E-state index in [1.807, 2.05) is 13.8 Å². The van der Waals surface area contributed by atoms with Crippen LogP contribution < -0.4 is 11.1 Å². The van der Waals surface area contributed by atoms with E-state index in [0.717, 1.165) is 4.57 Å². The van der Waals surface area contributed by atoms with E-state index < -0.39 is 35.1 Å². The van der Waals surface area contributed by atoms with E-state index in [0.29, 0.717) is 12.0 Å². The maximum absolute atomic E-state index is 13.2. The molecule has 1 atom stereocenters. The van der Waals surface area contributed by atoms with Crippen molar-refractivity contribution in [1.82, 2.24) is 15.0 Å². The van der Waals surface area contributed by atoms with Crippen LogP contribution in [0.1, 0.15) is 41.0 Å². The van der Waals surface area contributed by atoms with Gasteiger partial charge in [-0.25, -0.2) is 18.5 Å². The predicted octanol–water partition coefficient (Wildman–Crippen LogP) is 3.15. The molecule has 0 aliphatic carbocycles. The third-order valence-corrected chi connectivity index (χ3v) is 3.89. The van der Waals surface area contributed by atoms with Crippen molar-refractivity contribution in [2.75, 3.05) is 0 Å². The molecule has 1 aromatic carbocycles. The predicted molar refractivity (Wildman–Crippen MR) is 104 cm³/mol. The highest BCUT2D eigenvalue weighted by Crippen LogP contribution is 2.17. The molecule has 29 heavy (non-hydrogen) atoms. The zero-order chi connectivity index (χ0) is 21.8. The van der Waals surface area contributed by atoms with E-state index >= 15 is 0 Å². The first-order chi connectivity index (χ1) is 13.5. The lowest BCUT2D eigenvalue weighted by Gasteiger charge is -2.24. The number of amides is 1. The fraction of sp³-hybridized carbons (Fsp3) is 0.500. The lowest BCUT2D eigenvalue weighted by atomic mass is 10.00. The highest BCUT2D eigenvalue weighted by atomic mass is 19.1. The smallest absolute Gasteiger partial charge is 0.442 e. The van der Waals surface area contributed by atoms with Crippen molar-refractivity contribution < 1.29 is 23.2 Å². The first-order valence-corrected chi connectivity index (χ1v) is 9.31. The average molecular weight is 407 g/mol. The Balaban J connectivity index is 2.23. The highest BCUT2D eigenvalue weighted by Gasteiger charge is 2.27. The Bertz CT molecular complexity index is 909. The van der Waals surface area contributed by atoms with E-state index in [4.69, 9.17) is 4.74 Å². The molecular weight excluding hydrogens is 381 g/mol. The summed E-state index contributed by atoms with van der Waals surface area (Å²) in [6.07, 6.45) is -0.350. The number of hydrogen-bond donors (Lipinski definition) is 1. The van der Waals surface area contributed by atoms with Crippen LogP contribution in [0.3, 0.4) is 0 Å². The summed E-state index contributed by atoms with van der Waals surface area (Å²) in [5, 5.41) is 6.26. The van der Waals surface area contributed by atoms with Crippen molar-refractivity contribution in [2.24, 2.45) is 5.92 Å². The molecule has 0 fully saturated rings. The van der Waals surface area contributed by atoms with Gasteiger partial charge in [-0.15, -0.1) is 0 Å². The van der Waals surface area contributed by atoms with Crippen molar-refractivity contribution in [3.8, 4) is 11.4 Å². The van der Waals surface area contributed by atoms with Crippen LogP contribution in [0, 0.1) is 11.7 Å². The Labute approximate surface area is 168 Å². The second-order valence-electron chi connectivity index (χ2n) is 8.16. The maximum atomic E-state index is 13.2. The molecule has 1 heterocycles. The van der Waals surface area contributed by atoms with E-state index in [1.165, 1.54) is 24.3 Å². The second kappa shape index (κ2) is 9.02. The number of aromatic nitrogens is 2. The summed E-state index contributed by atoms with van der Waals surface area (Å²) >= 11 is 0. The summed E-state index contributed by atoms with van der Waals surface area (Å²) in [4.78, 5) is 37.1. The van der Waals surface area contributed by atoms with Crippen molar-refractivity contribution >= 4 is 11.9 Å². The zero-order valence-corrected chi connectivity index (χ0v) is 17.2. The summed E-state index contributed by atoms with van der Waals surface area (Å²) in [6, 6.07) is 4.43. The van der Waals surface area contributed by atoms with Gasteiger partial charge in [0.2, 0.25) is 0 Å². The number of alkyl carbamates (subject to hydrolysis) is 1. The van der Waals surface area contributed by atoms with Crippen LogP contribution in [0.2, 0.25) is 0 Å². The van der Waals surface area contributed by atoms with Crippen LogP contribution in [0.4, 0.5) is 9.18 Å². The quantitative estimate of drug-likeness (QED) is 0.756.